The third kappa shape index (κ3) is 4.19. The zero-order chi connectivity index (χ0) is 23.7. The fraction of sp³-hybridized carbons (Fsp3) is 0.308. The molecule has 2 aromatic carbocycles. The normalized spacial score (nSPS) is 13.8. The fourth-order valence-corrected chi connectivity index (χ4v) is 4.41. The topological polar surface area (TPSA) is 101 Å². The van der Waals surface area contributed by atoms with Gasteiger partial charge < -0.3 is 13.9 Å². The van der Waals surface area contributed by atoms with Crippen LogP contribution in [0.15, 0.2) is 56.5 Å². The van der Waals surface area contributed by atoms with Crippen LogP contribution in [-0.4, -0.2) is 22.6 Å². The van der Waals surface area contributed by atoms with Crippen molar-refractivity contribution < 1.29 is 18.7 Å². The van der Waals surface area contributed by atoms with Gasteiger partial charge in [0.2, 0.25) is 0 Å². The van der Waals surface area contributed by atoms with Gasteiger partial charge in [-0.05, 0) is 43.2 Å². The monoisotopic (exact) mass is 460 g/mol. The van der Waals surface area contributed by atoms with Crippen molar-refractivity contribution in [2.24, 2.45) is 0 Å². The second-order valence-electron chi connectivity index (χ2n) is 8.41. The number of hydrogen-bond acceptors (Lipinski definition) is 7. The number of methoxy groups -OCH3 is 1. The number of carbonyl (C=O) groups is 1. The van der Waals surface area contributed by atoms with Crippen LogP contribution in [0.25, 0.3) is 21.9 Å². The van der Waals surface area contributed by atoms with Crippen LogP contribution in [0, 0.1) is 0 Å². The van der Waals surface area contributed by atoms with E-state index in [2.05, 4.69) is 0 Å². The molecule has 0 N–H and O–H groups in total. The van der Waals surface area contributed by atoms with Gasteiger partial charge in [0.25, 0.3) is 5.56 Å². The van der Waals surface area contributed by atoms with Gasteiger partial charge in [0.05, 0.1) is 23.6 Å². The highest BCUT2D eigenvalue weighted by Crippen LogP contribution is 2.23. The SMILES string of the molecule is COc1ccc2c(COC(=O)c3ccc4c(=O)n5c(nc4c3)CCCCCC5)cc(=O)oc2c1. The largest absolute Gasteiger partial charge is 0.497 e. The summed E-state index contributed by atoms with van der Waals surface area (Å²) in [6.45, 7) is 0.567. The highest BCUT2D eigenvalue weighted by molar-refractivity contribution is 5.94. The molecule has 0 radical (unpaired) electrons. The first-order valence-electron chi connectivity index (χ1n) is 11.3. The molecule has 0 aliphatic carbocycles. The molecule has 3 heterocycles. The molecule has 0 unspecified atom stereocenters. The summed E-state index contributed by atoms with van der Waals surface area (Å²) in [5.41, 5.74) is 1.05. The Kier molecular flexibility index (Phi) is 5.88. The van der Waals surface area contributed by atoms with Gasteiger partial charge in [0.15, 0.2) is 0 Å². The van der Waals surface area contributed by atoms with Crippen molar-refractivity contribution in [2.75, 3.05) is 7.11 Å². The number of nitrogens with zero attached hydrogens (tertiary/aromatic N) is 2. The molecule has 0 saturated heterocycles. The Hall–Kier alpha value is -3.94. The van der Waals surface area contributed by atoms with E-state index in [0.717, 1.165) is 37.9 Å². The Morgan fingerprint density at radius 3 is 2.71 bits per heavy atom. The highest BCUT2D eigenvalue weighted by Gasteiger charge is 2.16. The maximum atomic E-state index is 13.0. The molecule has 1 aliphatic rings. The third-order valence-electron chi connectivity index (χ3n) is 6.20. The Bertz CT molecular complexity index is 1520. The van der Waals surface area contributed by atoms with Crippen LogP contribution in [0.1, 0.15) is 47.4 Å². The first kappa shape index (κ1) is 21.9. The molecule has 8 nitrogen and oxygen atoms in total. The van der Waals surface area contributed by atoms with E-state index in [-0.39, 0.29) is 12.2 Å². The van der Waals surface area contributed by atoms with Gasteiger partial charge >= 0.3 is 11.6 Å². The van der Waals surface area contributed by atoms with Gasteiger partial charge in [0, 0.05) is 36.0 Å². The average molecular weight is 460 g/mol. The van der Waals surface area contributed by atoms with Gasteiger partial charge in [-0.2, -0.15) is 0 Å². The minimum atomic E-state index is -0.564. The van der Waals surface area contributed by atoms with E-state index in [0.29, 0.717) is 45.3 Å². The zero-order valence-corrected chi connectivity index (χ0v) is 18.8. The molecule has 0 fully saturated rings. The Morgan fingerprint density at radius 1 is 1.03 bits per heavy atom. The van der Waals surface area contributed by atoms with Crippen molar-refractivity contribution in [3.05, 3.63) is 80.2 Å². The molecule has 0 saturated carbocycles. The van der Waals surface area contributed by atoms with Crippen molar-refractivity contribution in [2.45, 2.75) is 45.3 Å². The minimum Gasteiger partial charge on any atom is -0.497 e. The molecule has 8 heteroatoms. The molecule has 5 rings (SSSR count). The number of rotatable bonds is 4. The van der Waals surface area contributed by atoms with Crippen molar-refractivity contribution in [1.29, 1.82) is 0 Å². The Balaban J connectivity index is 1.42. The van der Waals surface area contributed by atoms with E-state index in [4.69, 9.17) is 18.9 Å². The molecular formula is C26H24N2O6. The molecule has 174 valence electrons. The number of ether oxygens (including phenoxy) is 2. The maximum Gasteiger partial charge on any atom is 0.338 e. The summed E-state index contributed by atoms with van der Waals surface area (Å²) in [4.78, 5) is 42.5. The van der Waals surface area contributed by atoms with Crippen LogP contribution in [0.5, 0.6) is 5.75 Å². The third-order valence-corrected chi connectivity index (χ3v) is 6.20. The van der Waals surface area contributed by atoms with Crippen LogP contribution in [-0.2, 0) is 24.3 Å². The maximum absolute atomic E-state index is 13.0. The predicted octanol–water partition coefficient (Wildman–Crippen LogP) is 3.99. The van der Waals surface area contributed by atoms with Crippen LogP contribution >= 0.6 is 0 Å². The number of aryl methyl sites for hydroxylation is 1. The lowest BCUT2D eigenvalue weighted by atomic mass is 10.1. The predicted molar refractivity (Wildman–Crippen MR) is 126 cm³/mol. The highest BCUT2D eigenvalue weighted by atomic mass is 16.5. The second kappa shape index (κ2) is 9.13. The number of carbonyl (C=O) groups excluding carboxylic acids is 1. The number of aromatic nitrogens is 2. The van der Waals surface area contributed by atoms with Gasteiger partial charge in [0.1, 0.15) is 23.8 Å². The van der Waals surface area contributed by atoms with E-state index in [9.17, 15) is 14.4 Å². The van der Waals surface area contributed by atoms with E-state index < -0.39 is 11.6 Å². The molecule has 2 aromatic heterocycles. The summed E-state index contributed by atoms with van der Waals surface area (Å²) in [5, 5.41) is 1.14. The molecule has 0 atom stereocenters. The standard InChI is InChI=1S/C26H24N2O6/c1-32-18-8-10-19-17(13-24(29)34-22(19)14-18)15-33-26(31)16-7-9-20-21(12-16)27-23-6-4-2-3-5-11-28(23)25(20)30/h7-10,12-14H,2-6,11,15H2,1H3. The number of benzene rings is 2. The second-order valence-corrected chi connectivity index (χ2v) is 8.41. The molecule has 4 aromatic rings. The van der Waals surface area contributed by atoms with E-state index in [1.165, 1.54) is 13.2 Å². The van der Waals surface area contributed by atoms with E-state index >= 15 is 0 Å². The van der Waals surface area contributed by atoms with Gasteiger partial charge in [-0.3, -0.25) is 9.36 Å². The molecule has 1 aliphatic heterocycles. The number of fused-ring (bicyclic) bond motifs is 3. The number of hydrogen-bond donors (Lipinski definition) is 0. The summed E-state index contributed by atoms with van der Waals surface area (Å²) >= 11 is 0. The van der Waals surface area contributed by atoms with Crippen LogP contribution < -0.4 is 15.9 Å². The van der Waals surface area contributed by atoms with Crippen molar-refractivity contribution in [1.82, 2.24) is 9.55 Å². The van der Waals surface area contributed by atoms with Crippen molar-refractivity contribution >= 4 is 27.8 Å². The van der Waals surface area contributed by atoms with Gasteiger partial charge in [-0.15, -0.1) is 0 Å². The molecule has 0 spiro atoms. The fourth-order valence-electron chi connectivity index (χ4n) is 4.41. The Morgan fingerprint density at radius 2 is 1.85 bits per heavy atom. The summed E-state index contributed by atoms with van der Waals surface area (Å²) < 4.78 is 17.7. The molecule has 34 heavy (non-hydrogen) atoms. The molecule has 0 bridgehead atoms. The van der Waals surface area contributed by atoms with Gasteiger partial charge in [-0.1, -0.05) is 12.8 Å². The average Bonchev–Trinajstić information content (AvgIpc) is 2.82. The first-order chi connectivity index (χ1) is 16.5. The Labute approximate surface area is 194 Å². The summed E-state index contributed by atoms with van der Waals surface area (Å²) in [7, 11) is 1.52. The lowest BCUT2D eigenvalue weighted by Gasteiger charge is -2.16. The van der Waals surface area contributed by atoms with Crippen LogP contribution in [0.4, 0.5) is 0 Å². The lowest BCUT2D eigenvalue weighted by molar-refractivity contribution is 0.0474. The zero-order valence-electron chi connectivity index (χ0n) is 18.8. The molecule has 0 amide bonds. The van der Waals surface area contributed by atoms with Crippen LogP contribution in [0.3, 0.4) is 0 Å². The first-order valence-corrected chi connectivity index (χ1v) is 11.3. The van der Waals surface area contributed by atoms with E-state index in [1.807, 2.05) is 0 Å². The van der Waals surface area contributed by atoms with Gasteiger partial charge in [-0.25, -0.2) is 14.6 Å². The quantitative estimate of drug-likeness (QED) is 0.335. The van der Waals surface area contributed by atoms with E-state index in [1.54, 1.807) is 41.0 Å². The summed E-state index contributed by atoms with van der Waals surface area (Å²) in [6.07, 6.45) is 4.93. The summed E-state index contributed by atoms with van der Waals surface area (Å²) in [6, 6.07) is 11.2. The van der Waals surface area contributed by atoms with Crippen molar-refractivity contribution in [3.8, 4) is 5.75 Å². The van der Waals surface area contributed by atoms with Crippen molar-refractivity contribution in [3.63, 3.8) is 0 Å². The van der Waals surface area contributed by atoms with Crippen LogP contribution in [0.2, 0.25) is 0 Å². The number of esters is 1. The lowest BCUT2D eigenvalue weighted by Crippen LogP contribution is -2.26. The molecular weight excluding hydrogens is 436 g/mol. The summed E-state index contributed by atoms with van der Waals surface area (Å²) in [5.74, 6) is 0.754. The minimum absolute atomic E-state index is 0.0697. The smallest absolute Gasteiger partial charge is 0.338 e.